The number of fused-ring (bicyclic) bond motifs is 1. The number of pyridine rings is 1. The molecule has 0 amide bonds. The van der Waals surface area contributed by atoms with E-state index >= 15 is 0 Å². The standard InChI is InChI=1S/C10H7N3S/c1-2-5-13-9(3-1)8(7-12-13)10-11-4-6-14-10/h1-7H. The zero-order chi connectivity index (χ0) is 9.38. The minimum absolute atomic E-state index is 1.02. The third-order valence-corrected chi connectivity index (χ3v) is 2.90. The van der Waals surface area contributed by atoms with Crippen LogP contribution in [0.25, 0.3) is 16.1 Å². The fourth-order valence-electron chi connectivity index (χ4n) is 1.46. The third-order valence-electron chi connectivity index (χ3n) is 2.09. The van der Waals surface area contributed by atoms with E-state index < -0.39 is 0 Å². The van der Waals surface area contributed by atoms with Gasteiger partial charge in [0.25, 0.3) is 0 Å². The van der Waals surface area contributed by atoms with Crippen molar-refractivity contribution in [2.45, 2.75) is 0 Å². The lowest BCUT2D eigenvalue weighted by atomic mass is 10.3. The van der Waals surface area contributed by atoms with Crippen LogP contribution >= 0.6 is 11.3 Å². The SMILES string of the molecule is c1ccn2ncc(-c3nccs3)c2c1. The molecule has 3 nitrogen and oxygen atoms in total. The Balaban J connectivity index is 2.33. The summed E-state index contributed by atoms with van der Waals surface area (Å²) < 4.78 is 1.86. The maximum Gasteiger partial charge on any atom is 0.127 e. The van der Waals surface area contributed by atoms with E-state index in [4.69, 9.17) is 0 Å². The molecule has 3 aromatic rings. The van der Waals surface area contributed by atoms with E-state index in [1.807, 2.05) is 46.7 Å². The summed E-state index contributed by atoms with van der Waals surface area (Å²) in [6.45, 7) is 0. The minimum atomic E-state index is 1.02. The first-order chi connectivity index (χ1) is 6.95. The predicted octanol–water partition coefficient (Wildman–Crippen LogP) is 2.46. The van der Waals surface area contributed by atoms with Gasteiger partial charge in [-0.2, -0.15) is 5.10 Å². The average Bonchev–Trinajstić information content (AvgIpc) is 2.85. The molecule has 0 atom stereocenters. The zero-order valence-corrected chi connectivity index (χ0v) is 8.11. The number of hydrogen-bond donors (Lipinski definition) is 0. The van der Waals surface area contributed by atoms with Gasteiger partial charge >= 0.3 is 0 Å². The number of nitrogens with zero attached hydrogens (tertiary/aromatic N) is 3. The van der Waals surface area contributed by atoms with Gasteiger partial charge in [-0.05, 0) is 12.1 Å². The first-order valence-electron chi connectivity index (χ1n) is 4.27. The lowest BCUT2D eigenvalue weighted by Crippen LogP contribution is -1.83. The Hall–Kier alpha value is -1.68. The molecule has 3 rings (SSSR count). The Morgan fingerprint density at radius 1 is 1.29 bits per heavy atom. The molecule has 68 valence electrons. The van der Waals surface area contributed by atoms with Crippen LogP contribution in [0.5, 0.6) is 0 Å². The number of thiazole rings is 1. The largest absolute Gasteiger partial charge is 0.244 e. The zero-order valence-electron chi connectivity index (χ0n) is 7.29. The van der Waals surface area contributed by atoms with Crippen LogP contribution < -0.4 is 0 Å². The van der Waals surface area contributed by atoms with Crippen LogP contribution in [0.3, 0.4) is 0 Å². The predicted molar refractivity (Wildman–Crippen MR) is 56.3 cm³/mol. The van der Waals surface area contributed by atoms with E-state index in [0.29, 0.717) is 0 Å². The maximum atomic E-state index is 4.27. The quantitative estimate of drug-likeness (QED) is 0.605. The molecule has 3 aromatic heterocycles. The summed E-state index contributed by atoms with van der Waals surface area (Å²) in [7, 11) is 0. The Morgan fingerprint density at radius 2 is 2.29 bits per heavy atom. The third kappa shape index (κ3) is 1.04. The highest BCUT2D eigenvalue weighted by atomic mass is 32.1. The Morgan fingerprint density at radius 3 is 3.14 bits per heavy atom. The monoisotopic (exact) mass is 201 g/mol. The van der Waals surface area contributed by atoms with E-state index in [1.165, 1.54) is 0 Å². The van der Waals surface area contributed by atoms with Crippen molar-refractivity contribution in [3.05, 3.63) is 42.2 Å². The van der Waals surface area contributed by atoms with Crippen molar-refractivity contribution >= 4 is 16.9 Å². The molecule has 0 bridgehead atoms. The van der Waals surface area contributed by atoms with Crippen molar-refractivity contribution in [2.75, 3.05) is 0 Å². The lowest BCUT2D eigenvalue weighted by Gasteiger charge is -1.93. The van der Waals surface area contributed by atoms with Crippen LogP contribution in [-0.2, 0) is 0 Å². The van der Waals surface area contributed by atoms with Crippen molar-refractivity contribution in [3.8, 4) is 10.6 Å². The number of hydrogen-bond acceptors (Lipinski definition) is 3. The number of rotatable bonds is 1. The van der Waals surface area contributed by atoms with Gasteiger partial charge in [-0.25, -0.2) is 9.50 Å². The smallest absolute Gasteiger partial charge is 0.127 e. The minimum Gasteiger partial charge on any atom is -0.244 e. The van der Waals surface area contributed by atoms with Gasteiger partial charge in [0, 0.05) is 17.8 Å². The molecular formula is C10H7N3S. The van der Waals surface area contributed by atoms with Crippen molar-refractivity contribution in [1.82, 2.24) is 14.6 Å². The molecule has 0 aliphatic heterocycles. The van der Waals surface area contributed by atoms with Crippen LogP contribution in [0.1, 0.15) is 0 Å². The van der Waals surface area contributed by atoms with Gasteiger partial charge in [-0.15, -0.1) is 11.3 Å². The van der Waals surface area contributed by atoms with E-state index in [0.717, 1.165) is 16.1 Å². The maximum absolute atomic E-state index is 4.27. The first-order valence-corrected chi connectivity index (χ1v) is 5.15. The second kappa shape index (κ2) is 2.92. The lowest BCUT2D eigenvalue weighted by molar-refractivity contribution is 0.961. The van der Waals surface area contributed by atoms with E-state index in [1.54, 1.807) is 11.3 Å². The fraction of sp³-hybridized carbons (Fsp3) is 0. The van der Waals surface area contributed by atoms with Crippen molar-refractivity contribution in [1.29, 1.82) is 0 Å². The summed E-state index contributed by atoms with van der Waals surface area (Å²) in [4.78, 5) is 4.27. The highest BCUT2D eigenvalue weighted by Crippen LogP contribution is 2.25. The van der Waals surface area contributed by atoms with Crippen LogP contribution in [0, 0.1) is 0 Å². The molecule has 14 heavy (non-hydrogen) atoms. The molecule has 0 radical (unpaired) electrons. The van der Waals surface area contributed by atoms with Gasteiger partial charge in [-0.3, -0.25) is 0 Å². The molecule has 0 spiro atoms. The number of aromatic nitrogens is 3. The highest BCUT2D eigenvalue weighted by molar-refractivity contribution is 7.13. The summed E-state index contributed by atoms with van der Waals surface area (Å²) in [6, 6.07) is 6.02. The van der Waals surface area contributed by atoms with Gasteiger partial charge in [0.05, 0.1) is 17.3 Å². The average molecular weight is 201 g/mol. The molecule has 3 heterocycles. The molecule has 4 heteroatoms. The topological polar surface area (TPSA) is 30.2 Å². The molecule has 0 N–H and O–H groups in total. The Labute approximate surface area is 84.7 Å². The molecule has 0 saturated heterocycles. The Kier molecular flexibility index (Phi) is 1.61. The first kappa shape index (κ1) is 7.70. The molecule has 0 aliphatic carbocycles. The van der Waals surface area contributed by atoms with Crippen LogP contribution in [0.15, 0.2) is 42.2 Å². The van der Waals surface area contributed by atoms with Crippen LogP contribution in [0.2, 0.25) is 0 Å². The van der Waals surface area contributed by atoms with Gasteiger partial charge in [-0.1, -0.05) is 6.07 Å². The van der Waals surface area contributed by atoms with Gasteiger partial charge < -0.3 is 0 Å². The molecule has 0 saturated carbocycles. The summed E-state index contributed by atoms with van der Waals surface area (Å²) in [6.07, 6.45) is 5.60. The van der Waals surface area contributed by atoms with Crippen molar-refractivity contribution < 1.29 is 0 Å². The molecule has 0 unspecified atom stereocenters. The van der Waals surface area contributed by atoms with Crippen molar-refractivity contribution in [3.63, 3.8) is 0 Å². The molecular weight excluding hydrogens is 194 g/mol. The summed E-state index contributed by atoms with van der Waals surface area (Å²) in [5.41, 5.74) is 2.20. The second-order valence-corrected chi connectivity index (χ2v) is 3.82. The van der Waals surface area contributed by atoms with Gasteiger partial charge in [0.15, 0.2) is 0 Å². The van der Waals surface area contributed by atoms with Crippen LogP contribution in [0.4, 0.5) is 0 Å². The van der Waals surface area contributed by atoms with Gasteiger partial charge in [0.1, 0.15) is 5.01 Å². The molecule has 0 aromatic carbocycles. The fourth-order valence-corrected chi connectivity index (χ4v) is 2.11. The van der Waals surface area contributed by atoms with Crippen LogP contribution in [-0.4, -0.2) is 14.6 Å². The summed E-state index contributed by atoms with van der Waals surface area (Å²) in [5.74, 6) is 0. The molecule has 0 fully saturated rings. The summed E-state index contributed by atoms with van der Waals surface area (Å²) in [5, 5.41) is 7.25. The Bertz CT molecular complexity index is 554. The normalized spacial score (nSPS) is 10.9. The second-order valence-electron chi connectivity index (χ2n) is 2.93. The van der Waals surface area contributed by atoms with E-state index in [-0.39, 0.29) is 0 Å². The highest BCUT2D eigenvalue weighted by Gasteiger charge is 2.06. The van der Waals surface area contributed by atoms with Crippen molar-refractivity contribution in [2.24, 2.45) is 0 Å². The summed E-state index contributed by atoms with van der Waals surface area (Å²) >= 11 is 1.63. The van der Waals surface area contributed by atoms with E-state index in [9.17, 15) is 0 Å². The molecule has 0 aliphatic rings. The van der Waals surface area contributed by atoms with E-state index in [2.05, 4.69) is 10.1 Å². The van der Waals surface area contributed by atoms with Gasteiger partial charge in [0.2, 0.25) is 0 Å².